The number of carboxylic acids is 1. The number of rotatable bonds is 5. The van der Waals surface area contributed by atoms with E-state index in [0.717, 1.165) is 34.1 Å². The van der Waals surface area contributed by atoms with Crippen molar-refractivity contribution >= 4 is 12.0 Å². The number of ether oxygens (including phenoxy) is 1. The predicted octanol–water partition coefficient (Wildman–Crippen LogP) is 3.38. The fourth-order valence-corrected chi connectivity index (χ4v) is 2.11. The van der Waals surface area contributed by atoms with Gasteiger partial charge in [-0.1, -0.05) is 0 Å². The van der Waals surface area contributed by atoms with E-state index in [1.807, 2.05) is 38.1 Å². The second-order valence-corrected chi connectivity index (χ2v) is 4.80. The van der Waals surface area contributed by atoms with Crippen molar-refractivity contribution in [3.05, 3.63) is 65.0 Å². The number of nitrogens with zero attached hydrogens (tertiary/aromatic N) is 1. The van der Waals surface area contributed by atoms with Crippen LogP contribution in [0.2, 0.25) is 0 Å². The Morgan fingerprint density at radius 2 is 1.86 bits per heavy atom. The average molecular weight is 283 g/mol. The lowest BCUT2D eigenvalue weighted by Gasteiger charge is -2.13. The van der Waals surface area contributed by atoms with Gasteiger partial charge in [0.25, 0.3) is 0 Å². The molecule has 108 valence electrons. The van der Waals surface area contributed by atoms with Crippen molar-refractivity contribution in [3.63, 3.8) is 0 Å². The Bertz CT molecular complexity index is 640. The van der Waals surface area contributed by atoms with Gasteiger partial charge < -0.3 is 9.84 Å². The maximum atomic E-state index is 10.6. The maximum absolute atomic E-state index is 10.6. The summed E-state index contributed by atoms with van der Waals surface area (Å²) in [6.07, 6.45) is 6.18. The van der Waals surface area contributed by atoms with Crippen LogP contribution < -0.4 is 4.74 Å². The fourth-order valence-electron chi connectivity index (χ4n) is 2.11. The number of aryl methyl sites for hydroxylation is 2. The molecule has 1 N–H and O–H groups in total. The quantitative estimate of drug-likeness (QED) is 0.855. The summed E-state index contributed by atoms with van der Waals surface area (Å²) >= 11 is 0. The maximum Gasteiger partial charge on any atom is 0.328 e. The van der Waals surface area contributed by atoms with Crippen LogP contribution in [0.25, 0.3) is 6.08 Å². The molecule has 0 amide bonds. The van der Waals surface area contributed by atoms with E-state index in [4.69, 9.17) is 9.84 Å². The Morgan fingerprint density at radius 3 is 2.43 bits per heavy atom. The Morgan fingerprint density at radius 1 is 1.24 bits per heavy atom. The van der Waals surface area contributed by atoms with Crippen molar-refractivity contribution in [1.29, 1.82) is 0 Å². The van der Waals surface area contributed by atoms with Gasteiger partial charge >= 0.3 is 5.97 Å². The van der Waals surface area contributed by atoms with Crippen molar-refractivity contribution in [2.24, 2.45) is 0 Å². The van der Waals surface area contributed by atoms with Gasteiger partial charge in [-0.15, -0.1) is 0 Å². The molecule has 0 atom stereocenters. The van der Waals surface area contributed by atoms with Crippen molar-refractivity contribution in [2.75, 3.05) is 0 Å². The molecular formula is C17H17NO3. The van der Waals surface area contributed by atoms with Gasteiger partial charge in [-0.05, 0) is 66.4 Å². The molecule has 0 aliphatic carbocycles. The first kappa shape index (κ1) is 14.8. The zero-order valence-electron chi connectivity index (χ0n) is 12.0. The third kappa shape index (κ3) is 4.18. The number of hydrogen-bond acceptors (Lipinski definition) is 3. The molecule has 0 aliphatic rings. The van der Waals surface area contributed by atoms with E-state index in [2.05, 4.69) is 4.98 Å². The number of hydrogen-bond donors (Lipinski definition) is 1. The zero-order valence-corrected chi connectivity index (χ0v) is 12.0. The molecule has 1 aromatic heterocycles. The van der Waals surface area contributed by atoms with Crippen LogP contribution in [0, 0.1) is 13.8 Å². The number of benzene rings is 1. The van der Waals surface area contributed by atoms with Gasteiger partial charge in [0.05, 0.1) is 0 Å². The molecule has 4 nitrogen and oxygen atoms in total. The molecule has 0 saturated heterocycles. The largest absolute Gasteiger partial charge is 0.488 e. The molecule has 0 bridgehead atoms. The number of carbonyl (C=O) groups is 1. The third-order valence-electron chi connectivity index (χ3n) is 3.03. The van der Waals surface area contributed by atoms with Gasteiger partial charge in [0.15, 0.2) is 0 Å². The highest BCUT2D eigenvalue weighted by Gasteiger charge is 2.06. The normalized spacial score (nSPS) is 10.8. The van der Waals surface area contributed by atoms with Gasteiger partial charge in [0.1, 0.15) is 12.4 Å². The molecule has 2 rings (SSSR count). The fraction of sp³-hybridized carbons (Fsp3) is 0.176. The summed E-state index contributed by atoms with van der Waals surface area (Å²) in [6, 6.07) is 7.64. The summed E-state index contributed by atoms with van der Waals surface area (Å²) in [6.45, 7) is 4.38. The first-order valence-electron chi connectivity index (χ1n) is 6.60. The second-order valence-electron chi connectivity index (χ2n) is 4.80. The van der Waals surface area contributed by atoms with Crippen LogP contribution in [0.1, 0.15) is 22.3 Å². The minimum Gasteiger partial charge on any atom is -0.488 e. The van der Waals surface area contributed by atoms with E-state index < -0.39 is 5.97 Å². The number of pyridine rings is 1. The highest BCUT2D eigenvalue weighted by molar-refractivity contribution is 5.85. The molecule has 0 unspecified atom stereocenters. The van der Waals surface area contributed by atoms with E-state index >= 15 is 0 Å². The van der Waals surface area contributed by atoms with E-state index in [-0.39, 0.29) is 0 Å². The molecule has 4 heteroatoms. The van der Waals surface area contributed by atoms with E-state index in [1.165, 1.54) is 0 Å². The Balaban J connectivity index is 2.15. The van der Waals surface area contributed by atoms with Crippen LogP contribution in [0.4, 0.5) is 0 Å². The lowest BCUT2D eigenvalue weighted by atomic mass is 10.1. The molecule has 2 aromatic rings. The minimum atomic E-state index is -0.955. The van der Waals surface area contributed by atoms with Gasteiger partial charge in [-0.2, -0.15) is 0 Å². The van der Waals surface area contributed by atoms with Crippen molar-refractivity contribution in [1.82, 2.24) is 4.98 Å². The molecule has 1 heterocycles. The molecular weight excluding hydrogens is 266 g/mol. The minimum absolute atomic E-state index is 0.481. The standard InChI is InChI=1S/C17H17NO3/c1-12-9-15(3-4-16(19)20)10-13(2)17(12)21-11-14-5-7-18-8-6-14/h3-10H,11H2,1-2H3,(H,19,20). The topological polar surface area (TPSA) is 59.4 Å². The van der Waals surface area contributed by atoms with Crippen LogP contribution in [-0.2, 0) is 11.4 Å². The molecule has 0 saturated carbocycles. The van der Waals surface area contributed by atoms with E-state index in [0.29, 0.717) is 6.61 Å². The van der Waals surface area contributed by atoms with Crippen molar-refractivity contribution in [2.45, 2.75) is 20.5 Å². The molecule has 21 heavy (non-hydrogen) atoms. The summed E-state index contributed by atoms with van der Waals surface area (Å²) in [5, 5.41) is 8.66. The Kier molecular flexibility index (Phi) is 4.72. The van der Waals surface area contributed by atoms with Crippen LogP contribution >= 0.6 is 0 Å². The number of carboxylic acid groups (broad SMARTS) is 1. The molecule has 0 spiro atoms. The van der Waals surface area contributed by atoms with Crippen molar-refractivity contribution < 1.29 is 14.6 Å². The summed E-state index contributed by atoms with van der Waals surface area (Å²) in [4.78, 5) is 14.5. The average Bonchev–Trinajstić information content (AvgIpc) is 2.45. The SMILES string of the molecule is Cc1cc(C=CC(=O)O)cc(C)c1OCc1ccncc1. The van der Waals surface area contributed by atoms with E-state index in [1.54, 1.807) is 18.5 Å². The van der Waals surface area contributed by atoms with Crippen LogP contribution in [0.5, 0.6) is 5.75 Å². The predicted molar refractivity (Wildman–Crippen MR) is 81.2 cm³/mol. The molecule has 0 aliphatic heterocycles. The lowest BCUT2D eigenvalue weighted by Crippen LogP contribution is -1.99. The van der Waals surface area contributed by atoms with Gasteiger partial charge in [0, 0.05) is 18.5 Å². The summed E-state index contributed by atoms with van der Waals surface area (Å²) in [5.41, 5.74) is 3.87. The first-order chi connectivity index (χ1) is 10.1. The first-order valence-corrected chi connectivity index (χ1v) is 6.60. The second kappa shape index (κ2) is 6.70. The number of aromatic nitrogens is 1. The highest BCUT2D eigenvalue weighted by Crippen LogP contribution is 2.26. The zero-order chi connectivity index (χ0) is 15.2. The number of aliphatic carboxylic acids is 1. The van der Waals surface area contributed by atoms with E-state index in [9.17, 15) is 4.79 Å². The summed E-state index contributed by atoms with van der Waals surface area (Å²) in [5.74, 6) is -0.123. The Hall–Kier alpha value is -2.62. The molecule has 0 fully saturated rings. The van der Waals surface area contributed by atoms with Gasteiger partial charge in [-0.3, -0.25) is 4.98 Å². The monoisotopic (exact) mass is 283 g/mol. The lowest BCUT2D eigenvalue weighted by molar-refractivity contribution is -0.131. The molecule has 0 radical (unpaired) electrons. The van der Waals surface area contributed by atoms with Crippen LogP contribution in [0.15, 0.2) is 42.7 Å². The highest BCUT2D eigenvalue weighted by atomic mass is 16.5. The molecule has 1 aromatic carbocycles. The smallest absolute Gasteiger partial charge is 0.328 e. The van der Waals surface area contributed by atoms with Crippen LogP contribution in [0.3, 0.4) is 0 Å². The Labute approximate surface area is 123 Å². The van der Waals surface area contributed by atoms with Gasteiger partial charge in [0.2, 0.25) is 0 Å². The third-order valence-corrected chi connectivity index (χ3v) is 3.03. The van der Waals surface area contributed by atoms with Gasteiger partial charge in [-0.25, -0.2) is 4.79 Å². The summed E-state index contributed by atoms with van der Waals surface area (Å²) < 4.78 is 5.87. The van der Waals surface area contributed by atoms with Crippen molar-refractivity contribution in [3.8, 4) is 5.75 Å². The van der Waals surface area contributed by atoms with Crippen LogP contribution in [-0.4, -0.2) is 16.1 Å². The summed E-state index contributed by atoms with van der Waals surface area (Å²) in [7, 11) is 0.